The summed E-state index contributed by atoms with van der Waals surface area (Å²) in [5.74, 6) is 2.36. The van der Waals surface area contributed by atoms with Crippen LogP contribution >= 0.6 is 22.6 Å². The third-order valence-electron chi connectivity index (χ3n) is 9.50. The Hall–Kier alpha value is -1.65. The Labute approximate surface area is 245 Å². The molecule has 0 aliphatic heterocycles. The lowest BCUT2D eigenvalue weighted by molar-refractivity contribution is -0.144. The van der Waals surface area contributed by atoms with Crippen molar-refractivity contribution in [3.8, 4) is 5.75 Å². The molecule has 5 rings (SSSR count). The molecule has 4 aliphatic rings. The van der Waals surface area contributed by atoms with Gasteiger partial charge in [0.2, 0.25) is 11.8 Å². The first-order chi connectivity index (χ1) is 18.9. The van der Waals surface area contributed by atoms with Crippen LogP contribution in [0.15, 0.2) is 35.9 Å². The van der Waals surface area contributed by atoms with Crippen LogP contribution in [0.25, 0.3) is 0 Å². The predicted octanol–water partition coefficient (Wildman–Crippen LogP) is 4.58. The summed E-state index contributed by atoms with van der Waals surface area (Å²) >= 11 is 2.21. The number of benzene rings is 1. The van der Waals surface area contributed by atoms with E-state index in [0.717, 1.165) is 41.6 Å². The molecule has 0 saturated heterocycles. The average Bonchev–Trinajstić information content (AvgIpc) is 3.45. The Bertz CT molecular complexity index is 1040. The first kappa shape index (κ1) is 28.9. The number of aliphatic hydroxyl groups is 2. The fourth-order valence-corrected chi connectivity index (χ4v) is 8.10. The molecule has 39 heavy (non-hydrogen) atoms. The van der Waals surface area contributed by atoms with Gasteiger partial charge in [0.1, 0.15) is 18.0 Å². The van der Waals surface area contributed by atoms with Crippen molar-refractivity contribution in [3.05, 3.63) is 39.5 Å². The third kappa shape index (κ3) is 6.81. The molecule has 7 nitrogen and oxygen atoms in total. The Balaban J connectivity index is 1.44. The summed E-state index contributed by atoms with van der Waals surface area (Å²) in [5.41, 5.74) is 0.501. The van der Waals surface area contributed by atoms with Crippen LogP contribution < -0.4 is 10.1 Å². The van der Waals surface area contributed by atoms with Gasteiger partial charge < -0.3 is 25.2 Å². The molecule has 0 aromatic heterocycles. The monoisotopic (exact) mass is 650 g/mol. The number of ether oxygens (including phenoxy) is 1. The van der Waals surface area contributed by atoms with Gasteiger partial charge in [-0.25, -0.2) is 0 Å². The molecule has 1 aromatic carbocycles. The summed E-state index contributed by atoms with van der Waals surface area (Å²) in [5, 5.41) is 23.8. The van der Waals surface area contributed by atoms with E-state index in [2.05, 4.69) is 27.9 Å². The number of amides is 2. The number of nitrogens with one attached hydrogen (secondary N) is 1. The summed E-state index contributed by atoms with van der Waals surface area (Å²) in [6, 6.07) is 7.15. The van der Waals surface area contributed by atoms with Gasteiger partial charge in [-0.2, -0.15) is 0 Å². The van der Waals surface area contributed by atoms with Gasteiger partial charge in [0.05, 0.1) is 16.2 Å². The predicted molar refractivity (Wildman–Crippen MR) is 158 cm³/mol. The van der Waals surface area contributed by atoms with E-state index in [-0.39, 0.29) is 37.4 Å². The molecule has 0 radical (unpaired) electrons. The van der Waals surface area contributed by atoms with Crippen LogP contribution in [0.3, 0.4) is 0 Å². The standard InChI is InChI=1S/C31H43IN2O5/c32-25-9-5-6-10-27(25)39-28-18-23(31(38)33-13-14-35)17-26(30(28)37)34(24-7-3-1-2-4-8-24)29(36)19-22-16-20-11-12-21(22)15-20/h5-6,9-10,18,20-22,24,26,28,30,35,37H,1-4,7-8,11-17,19H2,(H,33,38)/t20?,21?,22?,26-,28+,30+/m1/s1. The van der Waals surface area contributed by atoms with Gasteiger partial charge in [0, 0.05) is 31.0 Å². The summed E-state index contributed by atoms with van der Waals surface area (Å²) in [4.78, 5) is 29.4. The SMILES string of the molecule is O=C(NCCO)C1=C[C@H](Oc2ccccc2I)[C@@H](O)[C@H](N(C(=O)CC2CC3CCC2C3)C2CCCCCC2)C1. The van der Waals surface area contributed by atoms with Gasteiger partial charge in [0.25, 0.3) is 0 Å². The molecule has 6 atom stereocenters. The van der Waals surface area contributed by atoms with Crippen molar-refractivity contribution < 1.29 is 24.5 Å². The summed E-state index contributed by atoms with van der Waals surface area (Å²) in [7, 11) is 0. The second-order valence-electron chi connectivity index (χ2n) is 12.0. The normalized spacial score (nSPS) is 30.9. The van der Waals surface area contributed by atoms with Crippen molar-refractivity contribution in [3.63, 3.8) is 0 Å². The Morgan fingerprint density at radius 3 is 2.49 bits per heavy atom. The first-order valence-electron chi connectivity index (χ1n) is 14.9. The molecule has 214 valence electrons. The quantitative estimate of drug-likeness (QED) is 0.269. The van der Waals surface area contributed by atoms with Crippen LogP contribution in [0.1, 0.15) is 77.0 Å². The third-order valence-corrected chi connectivity index (χ3v) is 10.4. The van der Waals surface area contributed by atoms with Crippen molar-refractivity contribution in [2.45, 2.75) is 101 Å². The molecule has 0 heterocycles. The summed E-state index contributed by atoms with van der Waals surface area (Å²) < 4.78 is 7.24. The number of aliphatic hydroxyl groups excluding tert-OH is 2. The van der Waals surface area contributed by atoms with E-state index in [9.17, 15) is 19.8 Å². The van der Waals surface area contributed by atoms with Crippen molar-refractivity contribution in [1.82, 2.24) is 10.2 Å². The highest BCUT2D eigenvalue weighted by Crippen LogP contribution is 2.50. The number of hydrogen-bond donors (Lipinski definition) is 3. The number of para-hydroxylation sites is 1. The van der Waals surface area contributed by atoms with E-state index in [1.165, 1.54) is 32.1 Å². The van der Waals surface area contributed by atoms with E-state index in [1.807, 2.05) is 29.2 Å². The number of carbonyl (C=O) groups excluding carboxylic acids is 2. The van der Waals surface area contributed by atoms with Crippen LogP contribution in [-0.2, 0) is 9.59 Å². The lowest BCUT2D eigenvalue weighted by Crippen LogP contribution is -2.58. The molecule has 2 amide bonds. The van der Waals surface area contributed by atoms with Gasteiger partial charge >= 0.3 is 0 Å². The number of nitrogens with zero attached hydrogens (tertiary/aromatic N) is 1. The van der Waals surface area contributed by atoms with Gasteiger partial charge in [-0.05, 0) is 90.7 Å². The van der Waals surface area contributed by atoms with E-state index >= 15 is 0 Å². The van der Waals surface area contributed by atoms with Crippen molar-refractivity contribution in [1.29, 1.82) is 0 Å². The fourth-order valence-electron chi connectivity index (χ4n) is 7.59. The molecular formula is C31H43IN2O5. The Kier molecular flexibility index (Phi) is 9.87. The summed E-state index contributed by atoms with van der Waals surface area (Å²) in [6.07, 6.45) is 12.1. The van der Waals surface area contributed by atoms with E-state index in [1.54, 1.807) is 6.08 Å². The van der Waals surface area contributed by atoms with Crippen LogP contribution in [-0.4, -0.2) is 64.4 Å². The molecule has 0 spiro atoms. The number of carbonyl (C=O) groups is 2. The molecule has 3 N–H and O–H groups in total. The largest absolute Gasteiger partial charge is 0.482 e. The van der Waals surface area contributed by atoms with E-state index in [0.29, 0.717) is 29.6 Å². The van der Waals surface area contributed by atoms with Crippen molar-refractivity contribution in [2.24, 2.45) is 17.8 Å². The molecule has 3 unspecified atom stereocenters. The number of rotatable bonds is 9. The minimum atomic E-state index is -0.956. The zero-order valence-electron chi connectivity index (χ0n) is 22.8. The Morgan fingerprint density at radius 2 is 1.82 bits per heavy atom. The maximum Gasteiger partial charge on any atom is 0.247 e. The molecule has 3 fully saturated rings. The lowest BCUT2D eigenvalue weighted by atomic mass is 9.83. The molecular weight excluding hydrogens is 607 g/mol. The van der Waals surface area contributed by atoms with Gasteiger partial charge in [0.15, 0.2) is 0 Å². The second-order valence-corrected chi connectivity index (χ2v) is 13.2. The van der Waals surface area contributed by atoms with Gasteiger partial charge in [-0.1, -0.05) is 44.2 Å². The molecule has 3 saturated carbocycles. The molecule has 8 heteroatoms. The maximum atomic E-state index is 14.2. The zero-order valence-corrected chi connectivity index (χ0v) is 24.9. The van der Waals surface area contributed by atoms with Crippen LogP contribution in [0.2, 0.25) is 0 Å². The van der Waals surface area contributed by atoms with Crippen LogP contribution in [0.4, 0.5) is 0 Å². The van der Waals surface area contributed by atoms with Crippen molar-refractivity contribution in [2.75, 3.05) is 13.2 Å². The van der Waals surface area contributed by atoms with Gasteiger partial charge in [-0.15, -0.1) is 0 Å². The van der Waals surface area contributed by atoms with E-state index < -0.39 is 18.2 Å². The van der Waals surface area contributed by atoms with Crippen LogP contribution in [0.5, 0.6) is 5.75 Å². The highest BCUT2D eigenvalue weighted by Gasteiger charge is 2.45. The molecule has 1 aromatic rings. The smallest absolute Gasteiger partial charge is 0.247 e. The molecule has 4 aliphatic carbocycles. The number of halogens is 1. The van der Waals surface area contributed by atoms with Crippen LogP contribution in [0, 0.1) is 21.3 Å². The highest BCUT2D eigenvalue weighted by molar-refractivity contribution is 14.1. The minimum absolute atomic E-state index is 0.0654. The lowest BCUT2D eigenvalue weighted by Gasteiger charge is -2.44. The first-order valence-corrected chi connectivity index (χ1v) is 16.0. The maximum absolute atomic E-state index is 14.2. The van der Waals surface area contributed by atoms with Gasteiger partial charge in [-0.3, -0.25) is 9.59 Å². The number of hydrogen-bond acceptors (Lipinski definition) is 5. The summed E-state index contributed by atoms with van der Waals surface area (Å²) in [6.45, 7) is 0.00442. The topological polar surface area (TPSA) is 99.1 Å². The zero-order chi connectivity index (χ0) is 27.4. The fraction of sp³-hybridized carbons (Fsp3) is 0.677. The highest BCUT2D eigenvalue weighted by atomic mass is 127. The second kappa shape index (κ2) is 13.3. The Morgan fingerprint density at radius 1 is 1.05 bits per heavy atom. The van der Waals surface area contributed by atoms with Crippen molar-refractivity contribution >= 4 is 34.4 Å². The minimum Gasteiger partial charge on any atom is -0.482 e. The molecule has 2 bridgehead atoms. The average molecular weight is 651 g/mol. The van der Waals surface area contributed by atoms with E-state index in [4.69, 9.17) is 4.74 Å². The number of fused-ring (bicyclic) bond motifs is 2.